The van der Waals surface area contributed by atoms with Gasteiger partial charge in [0.25, 0.3) is 0 Å². The Hall–Kier alpha value is -2.40. The van der Waals surface area contributed by atoms with Crippen molar-refractivity contribution in [2.45, 2.75) is 103 Å². The second kappa shape index (κ2) is 10.3. The number of aromatic nitrogens is 1. The summed E-state index contributed by atoms with van der Waals surface area (Å²) in [5.74, 6) is -1.76. The number of nitro groups is 1. The predicted octanol–water partition coefficient (Wildman–Crippen LogP) is 5.64. The summed E-state index contributed by atoms with van der Waals surface area (Å²) in [7, 11) is 0. The van der Waals surface area contributed by atoms with E-state index >= 15 is 0 Å². The second-order valence-corrected chi connectivity index (χ2v) is 11.8. The number of nitrogens with zero attached hydrogens (tertiary/aromatic N) is 2. The Morgan fingerprint density at radius 3 is 2.11 bits per heavy atom. The fraction of sp³-hybridized carbons (Fsp3) is 0.679. The van der Waals surface area contributed by atoms with Crippen molar-refractivity contribution in [3.05, 3.63) is 39.8 Å². The lowest BCUT2D eigenvalue weighted by Gasteiger charge is -2.27. The minimum atomic E-state index is -0.899. The number of ketones is 1. The summed E-state index contributed by atoms with van der Waals surface area (Å²) in [6.07, 6.45) is 2.86. The molecule has 1 aromatic heterocycles. The average molecular weight is 535 g/mol. The molecular formula is C28H39FN2O7. The maximum absolute atomic E-state index is 14.4. The summed E-state index contributed by atoms with van der Waals surface area (Å²) in [5.41, 5.74) is -0.166. The molecule has 3 heterocycles. The van der Waals surface area contributed by atoms with Crippen LogP contribution in [0.2, 0.25) is 0 Å². The van der Waals surface area contributed by atoms with Crippen molar-refractivity contribution in [2.75, 3.05) is 13.2 Å². The van der Waals surface area contributed by atoms with Gasteiger partial charge < -0.3 is 23.5 Å². The van der Waals surface area contributed by atoms with Gasteiger partial charge >= 0.3 is 5.69 Å². The average Bonchev–Trinajstić information content (AvgIpc) is 3.41. The third-order valence-corrected chi connectivity index (χ3v) is 7.35. The Balaban J connectivity index is 0.000000317. The molecule has 10 heteroatoms. The molecule has 5 rings (SSSR count). The monoisotopic (exact) mass is 534 g/mol. The first-order valence-corrected chi connectivity index (χ1v) is 13.3. The van der Waals surface area contributed by atoms with Gasteiger partial charge in [0.15, 0.2) is 11.6 Å². The van der Waals surface area contributed by atoms with Crippen molar-refractivity contribution in [2.24, 2.45) is 5.92 Å². The molecule has 210 valence electrons. The molecule has 2 unspecified atom stereocenters. The van der Waals surface area contributed by atoms with Crippen molar-refractivity contribution < 1.29 is 33.1 Å². The Morgan fingerprint density at radius 1 is 1.08 bits per heavy atom. The zero-order valence-corrected chi connectivity index (χ0v) is 23.3. The number of hydrogen-bond donors (Lipinski definition) is 0. The van der Waals surface area contributed by atoms with Crippen LogP contribution in [0.25, 0.3) is 10.9 Å². The fourth-order valence-electron chi connectivity index (χ4n) is 5.13. The van der Waals surface area contributed by atoms with Gasteiger partial charge in [0.05, 0.1) is 41.7 Å². The van der Waals surface area contributed by atoms with Crippen molar-refractivity contribution >= 4 is 22.4 Å². The maximum Gasteiger partial charge on any atom is 0.305 e. The smallest absolute Gasteiger partial charge is 0.305 e. The molecule has 0 N–H and O–H groups in total. The number of nitro benzene ring substituents is 1. The van der Waals surface area contributed by atoms with Crippen LogP contribution in [0.1, 0.15) is 73.4 Å². The van der Waals surface area contributed by atoms with E-state index < -0.39 is 27.6 Å². The van der Waals surface area contributed by atoms with E-state index in [-0.39, 0.29) is 23.6 Å². The van der Waals surface area contributed by atoms with E-state index in [1.54, 1.807) is 6.07 Å². The lowest BCUT2D eigenvalue weighted by molar-refractivity contribution is -0.387. The van der Waals surface area contributed by atoms with Crippen LogP contribution in [0.15, 0.2) is 18.2 Å². The quantitative estimate of drug-likeness (QED) is 0.334. The van der Waals surface area contributed by atoms with Crippen LogP contribution in [0.4, 0.5) is 10.1 Å². The number of fused-ring (bicyclic) bond motifs is 1. The number of halogens is 1. The molecule has 0 amide bonds. The number of ether oxygens (including phenoxy) is 4. The summed E-state index contributed by atoms with van der Waals surface area (Å²) >= 11 is 0. The number of Topliss-reactive ketones (excluding diaryl/α,β-unsaturated/α-hetero) is 1. The Kier molecular flexibility index (Phi) is 7.75. The minimum Gasteiger partial charge on any atom is -0.348 e. The third kappa shape index (κ3) is 6.09. The Labute approximate surface area is 222 Å². The molecule has 3 aliphatic rings. The molecule has 2 saturated heterocycles. The molecule has 0 radical (unpaired) electrons. The molecule has 2 atom stereocenters. The second-order valence-electron chi connectivity index (χ2n) is 11.8. The van der Waals surface area contributed by atoms with Gasteiger partial charge in [-0.2, -0.15) is 4.39 Å². The number of rotatable bonds is 7. The third-order valence-electron chi connectivity index (χ3n) is 7.35. The van der Waals surface area contributed by atoms with E-state index in [4.69, 9.17) is 18.9 Å². The van der Waals surface area contributed by atoms with Crippen LogP contribution in [-0.4, -0.2) is 52.3 Å². The lowest BCUT2D eigenvalue weighted by Crippen LogP contribution is -2.34. The van der Waals surface area contributed by atoms with Crippen LogP contribution in [0.5, 0.6) is 0 Å². The van der Waals surface area contributed by atoms with E-state index in [0.29, 0.717) is 35.9 Å². The van der Waals surface area contributed by atoms with Crippen LogP contribution in [0.3, 0.4) is 0 Å². The van der Waals surface area contributed by atoms with Gasteiger partial charge in [0.1, 0.15) is 11.9 Å². The summed E-state index contributed by atoms with van der Waals surface area (Å²) in [5, 5.41) is 11.7. The standard InChI is InChI=1S/C21H25FN2O5.C7H14O2/c1-20(2,19(25)12-5-6-12)18-8-13-7-17(24(26)27)15(22)9-16(13)23(18)10-14-11-28-21(3,4)29-14;1-4-6-5-8-7(2,3)9-6/h7-9,12,14H,5-6,10-11H2,1-4H3;6H,4-5H2,1-3H3. The van der Waals surface area contributed by atoms with Crippen molar-refractivity contribution in [3.63, 3.8) is 0 Å². The molecule has 1 aromatic carbocycles. The van der Waals surface area contributed by atoms with Crippen LogP contribution in [-0.2, 0) is 35.7 Å². The summed E-state index contributed by atoms with van der Waals surface area (Å²) in [6, 6.07) is 4.18. The van der Waals surface area contributed by atoms with Crippen molar-refractivity contribution in [3.8, 4) is 0 Å². The molecule has 0 bridgehead atoms. The molecule has 38 heavy (non-hydrogen) atoms. The van der Waals surface area contributed by atoms with Crippen LogP contribution < -0.4 is 0 Å². The van der Waals surface area contributed by atoms with Crippen molar-refractivity contribution in [1.82, 2.24) is 4.57 Å². The van der Waals surface area contributed by atoms with Crippen LogP contribution >= 0.6 is 0 Å². The summed E-state index contributed by atoms with van der Waals surface area (Å²) in [4.78, 5) is 23.4. The van der Waals surface area contributed by atoms with Gasteiger partial charge in [-0.1, -0.05) is 6.92 Å². The zero-order valence-electron chi connectivity index (χ0n) is 23.3. The lowest BCUT2D eigenvalue weighted by atomic mass is 9.82. The normalized spacial score (nSPS) is 24.3. The van der Waals surface area contributed by atoms with E-state index in [0.717, 1.165) is 25.9 Å². The first-order chi connectivity index (χ1) is 17.6. The highest BCUT2D eigenvalue weighted by molar-refractivity contribution is 5.95. The summed E-state index contributed by atoms with van der Waals surface area (Å²) in [6.45, 7) is 14.9. The van der Waals surface area contributed by atoms with Gasteiger partial charge in [-0.15, -0.1) is 0 Å². The number of carbonyl (C=O) groups is 1. The first-order valence-electron chi connectivity index (χ1n) is 13.3. The van der Waals surface area contributed by atoms with Gasteiger partial charge in [0, 0.05) is 29.1 Å². The minimum absolute atomic E-state index is 0.0486. The maximum atomic E-state index is 14.4. The highest BCUT2D eigenvalue weighted by atomic mass is 19.1. The molecular weight excluding hydrogens is 495 g/mol. The topological polar surface area (TPSA) is 102 Å². The number of hydrogen-bond acceptors (Lipinski definition) is 7. The molecule has 1 aliphatic carbocycles. The zero-order chi connectivity index (χ0) is 28.0. The molecule has 3 fully saturated rings. The molecule has 2 aromatic rings. The van der Waals surface area contributed by atoms with Gasteiger partial charge in [-0.3, -0.25) is 14.9 Å². The van der Waals surface area contributed by atoms with Gasteiger partial charge in [-0.05, 0) is 66.9 Å². The predicted molar refractivity (Wildman–Crippen MR) is 139 cm³/mol. The molecule has 1 saturated carbocycles. The number of benzene rings is 1. The molecule has 0 spiro atoms. The first kappa shape index (κ1) is 28.6. The van der Waals surface area contributed by atoms with Gasteiger partial charge in [0.2, 0.25) is 5.82 Å². The van der Waals surface area contributed by atoms with E-state index in [1.165, 1.54) is 12.1 Å². The Morgan fingerprint density at radius 2 is 1.66 bits per heavy atom. The van der Waals surface area contributed by atoms with Gasteiger partial charge in [-0.25, -0.2) is 0 Å². The SMILES string of the molecule is CC1(C)OCC(Cn2c(C(C)(C)C(=O)C3CC3)cc3cc([N+](=O)[O-])c(F)cc32)O1.CCC1COC(C)(C)O1. The molecule has 2 aliphatic heterocycles. The van der Waals surface area contributed by atoms with E-state index in [2.05, 4.69) is 6.92 Å². The summed E-state index contributed by atoms with van der Waals surface area (Å²) < 4.78 is 38.6. The fourth-order valence-corrected chi connectivity index (χ4v) is 5.13. The number of carbonyl (C=O) groups excluding carboxylic acids is 1. The highest BCUT2D eigenvalue weighted by Gasteiger charge is 2.43. The van der Waals surface area contributed by atoms with Crippen LogP contribution in [0, 0.1) is 21.8 Å². The van der Waals surface area contributed by atoms with E-state index in [9.17, 15) is 19.3 Å². The largest absolute Gasteiger partial charge is 0.348 e. The molecule has 9 nitrogen and oxygen atoms in total. The highest BCUT2D eigenvalue weighted by Crippen LogP contribution is 2.41. The van der Waals surface area contributed by atoms with Crippen molar-refractivity contribution in [1.29, 1.82) is 0 Å². The van der Waals surface area contributed by atoms with E-state index in [1.807, 2.05) is 46.1 Å². The Bertz CT molecular complexity index is 1220.